The van der Waals surface area contributed by atoms with Crippen molar-refractivity contribution in [3.05, 3.63) is 35.6 Å². The minimum absolute atomic E-state index is 0.00804. The van der Waals surface area contributed by atoms with Gasteiger partial charge in [0, 0.05) is 5.56 Å². The molecule has 5 nitrogen and oxygen atoms in total. The maximum atomic E-state index is 13.4. The monoisotopic (exact) mass is 303 g/mol. The summed E-state index contributed by atoms with van der Waals surface area (Å²) in [5.74, 6) is -2.43. The van der Waals surface area contributed by atoms with Gasteiger partial charge in [-0.15, -0.1) is 0 Å². The van der Waals surface area contributed by atoms with Crippen LogP contribution in [0.4, 0.5) is 4.39 Å². The molecule has 0 heterocycles. The predicted molar refractivity (Wildman–Crippen MR) is 73.0 cm³/mol. The lowest BCUT2D eigenvalue weighted by Gasteiger charge is -2.16. The Bertz CT molecular complexity index is 571. The Morgan fingerprint density at radius 3 is 2.45 bits per heavy atom. The van der Waals surface area contributed by atoms with Gasteiger partial charge in [0.25, 0.3) is 0 Å². The van der Waals surface area contributed by atoms with E-state index in [1.807, 2.05) is 0 Å². The van der Waals surface area contributed by atoms with Crippen LogP contribution in [0.25, 0.3) is 0 Å². The highest BCUT2D eigenvalue weighted by Gasteiger charge is 2.25. The van der Waals surface area contributed by atoms with Crippen LogP contribution in [0, 0.1) is 11.7 Å². The van der Waals surface area contributed by atoms with Crippen molar-refractivity contribution in [2.75, 3.05) is 0 Å². The number of aliphatic carboxylic acids is 1. The van der Waals surface area contributed by atoms with Crippen molar-refractivity contribution >= 4 is 16.0 Å². The molecule has 0 amide bonds. The Labute approximate surface area is 117 Å². The van der Waals surface area contributed by atoms with Crippen LogP contribution in [-0.2, 0) is 20.6 Å². The Morgan fingerprint density at radius 1 is 1.35 bits per heavy atom. The van der Waals surface area contributed by atoms with E-state index in [-0.39, 0.29) is 17.9 Å². The SMILES string of the molecule is CC(C)CC(NS(=O)(=O)Cc1ccccc1F)C(=O)O. The molecule has 0 saturated carbocycles. The molecule has 1 aromatic carbocycles. The van der Waals surface area contributed by atoms with Crippen molar-refractivity contribution in [2.45, 2.75) is 32.1 Å². The molecule has 2 N–H and O–H groups in total. The second-order valence-corrected chi connectivity index (χ2v) is 6.74. The summed E-state index contributed by atoms with van der Waals surface area (Å²) in [5, 5.41) is 9.01. The Hall–Kier alpha value is -1.47. The van der Waals surface area contributed by atoms with Crippen molar-refractivity contribution in [2.24, 2.45) is 5.92 Å². The van der Waals surface area contributed by atoms with Crippen LogP contribution in [0.3, 0.4) is 0 Å². The van der Waals surface area contributed by atoms with Gasteiger partial charge < -0.3 is 5.11 Å². The number of hydrogen-bond acceptors (Lipinski definition) is 3. The molecule has 0 aliphatic heterocycles. The van der Waals surface area contributed by atoms with E-state index in [1.165, 1.54) is 18.2 Å². The highest BCUT2D eigenvalue weighted by molar-refractivity contribution is 7.88. The molecule has 7 heteroatoms. The summed E-state index contributed by atoms with van der Waals surface area (Å²) in [7, 11) is -3.92. The summed E-state index contributed by atoms with van der Waals surface area (Å²) in [5.41, 5.74) is 0.00804. The fourth-order valence-corrected chi connectivity index (χ4v) is 3.11. The number of rotatable bonds is 7. The van der Waals surface area contributed by atoms with Gasteiger partial charge >= 0.3 is 5.97 Å². The summed E-state index contributed by atoms with van der Waals surface area (Å²) in [4.78, 5) is 11.0. The third kappa shape index (κ3) is 5.26. The number of carboxylic acids is 1. The van der Waals surface area contributed by atoms with Crippen LogP contribution in [0.15, 0.2) is 24.3 Å². The van der Waals surface area contributed by atoms with E-state index in [0.717, 1.165) is 6.07 Å². The largest absolute Gasteiger partial charge is 0.480 e. The van der Waals surface area contributed by atoms with Crippen LogP contribution >= 0.6 is 0 Å². The summed E-state index contributed by atoms with van der Waals surface area (Å²) in [6.07, 6.45) is 0.172. The van der Waals surface area contributed by atoms with Gasteiger partial charge in [0.2, 0.25) is 10.0 Å². The number of nitrogens with one attached hydrogen (secondary N) is 1. The first-order valence-electron chi connectivity index (χ1n) is 6.17. The molecule has 0 radical (unpaired) electrons. The molecular formula is C13H18FNO4S. The normalized spacial score (nSPS) is 13.4. The van der Waals surface area contributed by atoms with Crippen LogP contribution in [0.5, 0.6) is 0 Å². The van der Waals surface area contributed by atoms with Gasteiger partial charge in [0.1, 0.15) is 11.9 Å². The second kappa shape index (κ2) is 6.81. The lowest BCUT2D eigenvalue weighted by molar-refractivity contribution is -0.139. The third-order valence-electron chi connectivity index (χ3n) is 2.63. The molecule has 0 aliphatic carbocycles. The van der Waals surface area contributed by atoms with Gasteiger partial charge in [-0.25, -0.2) is 17.5 Å². The molecule has 1 unspecified atom stereocenters. The fourth-order valence-electron chi connectivity index (χ4n) is 1.75. The number of sulfonamides is 1. The van der Waals surface area contributed by atoms with Crippen LogP contribution in [0.1, 0.15) is 25.8 Å². The van der Waals surface area contributed by atoms with E-state index in [0.29, 0.717) is 0 Å². The first-order chi connectivity index (χ1) is 9.21. The molecular weight excluding hydrogens is 285 g/mol. The minimum Gasteiger partial charge on any atom is -0.480 e. The van der Waals surface area contributed by atoms with Crippen molar-refractivity contribution in [1.82, 2.24) is 4.72 Å². The number of hydrogen-bond donors (Lipinski definition) is 2. The average molecular weight is 303 g/mol. The van der Waals surface area contributed by atoms with E-state index in [4.69, 9.17) is 5.11 Å². The van der Waals surface area contributed by atoms with Crippen LogP contribution < -0.4 is 4.72 Å². The summed E-state index contributed by atoms with van der Waals surface area (Å²) >= 11 is 0. The smallest absolute Gasteiger partial charge is 0.321 e. The lowest BCUT2D eigenvalue weighted by atomic mass is 10.1. The molecule has 1 aromatic rings. The van der Waals surface area contributed by atoms with Crippen LogP contribution in [0.2, 0.25) is 0 Å². The maximum absolute atomic E-state index is 13.4. The zero-order valence-corrected chi connectivity index (χ0v) is 12.2. The van der Waals surface area contributed by atoms with Crippen molar-refractivity contribution in [1.29, 1.82) is 0 Å². The maximum Gasteiger partial charge on any atom is 0.321 e. The molecule has 0 fully saturated rings. The van der Waals surface area contributed by atoms with E-state index >= 15 is 0 Å². The van der Waals surface area contributed by atoms with E-state index in [2.05, 4.69) is 4.72 Å². The van der Waals surface area contributed by atoms with Crippen molar-refractivity contribution < 1.29 is 22.7 Å². The molecule has 112 valence electrons. The molecule has 0 aliphatic rings. The molecule has 1 rings (SSSR count). The molecule has 0 saturated heterocycles. The number of benzene rings is 1. The van der Waals surface area contributed by atoms with Gasteiger partial charge in [-0.05, 0) is 18.4 Å². The average Bonchev–Trinajstić information content (AvgIpc) is 2.30. The Kier molecular flexibility index (Phi) is 5.64. The lowest BCUT2D eigenvalue weighted by Crippen LogP contribution is -2.42. The van der Waals surface area contributed by atoms with E-state index in [1.54, 1.807) is 13.8 Å². The quantitative estimate of drug-likeness (QED) is 0.803. The summed E-state index contributed by atoms with van der Waals surface area (Å²) in [6.45, 7) is 3.59. The number of halogens is 1. The third-order valence-corrected chi connectivity index (χ3v) is 3.97. The van der Waals surface area contributed by atoms with Crippen molar-refractivity contribution in [3.8, 4) is 0 Å². The zero-order chi connectivity index (χ0) is 15.3. The first-order valence-corrected chi connectivity index (χ1v) is 7.82. The van der Waals surface area contributed by atoms with Crippen LogP contribution in [-0.4, -0.2) is 25.5 Å². The summed E-state index contributed by atoms with van der Waals surface area (Å²) in [6, 6.07) is 4.29. The molecule has 20 heavy (non-hydrogen) atoms. The molecule has 0 aromatic heterocycles. The number of carbonyl (C=O) groups is 1. The molecule has 1 atom stereocenters. The predicted octanol–water partition coefficient (Wildman–Crippen LogP) is 1.74. The fraction of sp³-hybridized carbons (Fsp3) is 0.462. The van der Waals surface area contributed by atoms with Gasteiger partial charge in [0.05, 0.1) is 5.75 Å². The molecule has 0 bridgehead atoms. The van der Waals surface area contributed by atoms with Crippen molar-refractivity contribution in [3.63, 3.8) is 0 Å². The topological polar surface area (TPSA) is 83.5 Å². The first kappa shape index (κ1) is 16.6. The summed E-state index contributed by atoms with van der Waals surface area (Å²) < 4.78 is 39.3. The van der Waals surface area contributed by atoms with Gasteiger partial charge in [-0.3, -0.25) is 4.79 Å². The molecule has 0 spiro atoms. The van der Waals surface area contributed by atoms with E-state index in [9.17, 15) is 17.6 Å². The van der Waals surface area contributed by atoms with E-state index < -0.39 is 33.6 Å². The van der Waals surface area contributed by atoms with Gasteiger partial charge in [-0.1, -0.05) is 32.0 Å². The Morgan fingerprint density at radius 2 is 1.95 bits per heavy atom. The zero-order valence-electron chi connectivity index (χ0n) is 11.3. The highest BCUT2D eigenvalue weighted by atomic mass is 32.2. The number of carboxylic acid groups (broad SMARTS) is 1. The van der Waals surface area contributed by atoms with Gasteiger partial charge in [0.15, 0.2) is 0 Å². The Balaban J connectivity index is 2.83. The van der Waals surface area contributed by atoms with Gasteiger partial charge in [-0.2, -0.15) is 0 Å². The highest BCUT2D eigenvalue weighted by Crippen LogP contribution is 2.12. The second-order valence-electron chi connectivity index (χ2n) is 4.99. The standard InChI is InChI=1S/C13H18FNO4S/c1-9(2)7-12(13(16)17)15-20(18,19)8-10-5-3-4-6-11(10)14/h3-6,9,12,15H,7-8H2,1-2H3,(H,16,17). The minimum atomic E-state index is -3.92.